The summed E-state index contributed by atoms with van der Waals surface area (Å²) in [7, 11) is 1.59. The summed E-state index contributed by atoms with van der Waals surface area (Å²) < 4.78 is 18.0. The second kappa shape index (κ2) is 7.86. The molecule has 1 rings (SSSR count). The van der Waals surface area contributed by atoms with Crippen molar-refractivity contribution in [3.8, 4) is 0 Å². The van der Waals surface area contributed by atoms with Crippen molar-refractivity contribution in [1.82, 2.24) is 10.6 Å². The zero-order chi connectivity index (χ0) is 14.3. The number of methoxy groups -OCH3 is 1. The number of hydrogen-bond acceptors (Lipinski definition) is 3. The first-order chi connectivity index (χ1) is 9.02. The van der Waals surface area contributed by atoms with Gasteiger partial charge in [-0.2, -0.15) is 0 Å². The molecule has 106 valence electrons. The Morgan fingerprint density at radius 2 is 2.16 bits per heavy atom. The van der Waals surface area contributed by atoms with Crippen LogP contribution in [0.5, 0.6) is 0 Å². The van der Waals surface area contributed by atoms with E-state index in [9.17, 15) is 9.18 Å². The van der Waals surface area contributed by atoms with Crippen molar-refractivity contribution in [1.29, 1.82) is 0 Å². The molecule has 0 radical (unpaired) electrons. The van der Waals surface area contributed by atoms with Crippen LogP contribution in [0.25, 0.3) is 0 Å². The van der Waals surface area contributed by atoms with Gasteiger partial charge in [-0.05, 0) is 31.5 Å². The normalized spacial score (nSPS) is 13.9. The first-order valence-electron chi connectivity index (χ1n) is 6.30. The highest BCUT2D eigenvalue weighted by atomic mass is 19.1. The fourth-order valence-electron chi connectivity index (χ4n) is 1.76. The number of rotatable bonds is 7. The van der Waals surface area contributed by atoms with Gasteiger partial charge in [-0.3, -0.25) is 4.79 Å². The SMILES string of the molecule is COCC(C)NC(=O)CN[C@@H](C)c1cccc(F)c1. The third-order valence-corrected chi connectivity index (χ3v) is 2.74. The standard InChI is InChI=1S/C14H21FN2O2/c1-10(9-19-3)17-14(18)8-16-11(2)12-5-4-6-13(15)7-12/h4-7,10-11,16H,8-9H2,1-3H3,(H,17,18)/t10?,11-/m0/s1. The molecule has 1 amide bonds. The predicted molar refractivity (Wildman–Crippen MR) is 72.3 cm³/mol. The van der Waals surface area contributed by atoms with Gasteiger partial charge in [0.05, 0.1) is 13.2 Å². The summed E-state index contributed by atoms with van der Waals surface area (Å²) in [5.41, 5.74) is 0.817. The summed E-state index contributed by atoms with van der Waals surface area (Å²) in [6.07, 6.45) is 0. The van der Waals surface area contributed by atoms with Gasteiger partial charge in [-0.15, -0.1) is 0 Å². The maximum Gasteiger partial charge on any atom is 0.234 e. The molecular weight excluding hydrogens is 247 g/mol. The van der Waals surface area contributed by atoms with Crippen molar-refractivity contribution < 1.29 is 13.9 Å². The lowest BCUT2D eigenvalue weighted by atomic mass is 10.1. The minimum Gasteiger partial charge on any atom is -0.383 e. The minimum atomic E-state index is -0.274. The third-order valence-electron chi connectivity index (χ3n) is 2.74. The van der Waals surface area contributed by atoms with Crippen LogP contribution in [0.15, 0.2) is 24.3 Å². The van der Waals surface area contributed by atoms with Crippen molar-refractivity contribution in [2.75, 3.05) is 20.3 Å². The fourth-order valence-corrected chi connectivity index (χ4v) is 1.76. The molecule has 2 atom stereocenters. The largest absolute Gasteiger partial charge is 0.383 e. The molecule has 1 unspecified atom stereocenters. The Hall–Kier alpha value is -1.46. The van der Waals surface area contributed by atoms with Gasteiger partial charge in [0.15, 0.2) is 0 Å². The topological polar surface area (TPSA) is 50.4 Å². The lowest BCUT2D eigenvalue weighted by molar-refractivity contribution is -0.121. The van der Waals surface area contributed by atoms with E-state index in [1.54, 1.807) is 13.2 Å². The maximum absolute atomic E-state index is 13.1. The highest BCUT2D eigenvalue weighted by molar-refractivity contribution is 5.78. The number of amides is 1. The first kappa shape index (κ1) is 15.6. The summed E-state index contributed by atoms with van der Waals surface area (Å²) in [4.78, 5) is 11.6. The Morgan fingerprint density at radius 1 is 1.42 bits per heavy atom. The molecule has 0 aliphatic heterocycles. The number of nitrogens with one attached hydrogen (secondary N) is 2. The Bertz CT molecular complexity index is 412. The van der Waals surface area contributed by atoms with E-state index in [4.69, 9.17) is 4.74 Å². The van der Waals surface area contributed by atoms with E-state index < -0.39 is 0 Å². The Kier molecular flexibility index (Phi) is 6.45. The number of halogens is 1. The lowest BCUT2D eigenvalue weighted by Crippen LogP contribution is -2.41. The molecule has 0 aliphatic carbocycles. The number of carbonyl (C=O) groups is 1. The summed E-state index contributed by atoms with van der Waals surface area (Å²) in [5.74, 6) is -0.378. The van der Waals surface area contributed by atoms with Crippen molar-refractivity contribution >= 4 is 5.91 Å². The zero-order valence-corrected chi connectivity index (χ0v) is 11.6. The van der Waals surface area contributed by atoms with E-state index in [1.807, 2.05) is 19.9 Å². The molecule has 0 spiro atoms. The quantitative estimate of drug-likeness (QED) is 0.790. The second-order valence-electron chi connectivity index (χ2n) is 4.58. The molecule has 0 saturated heterocycles. The minimum absolute atomic E-state index is 0.0243. The van der Waals surface area contributed by atoms with E-state index >= 15 is 0 Å². The van der Waals surface area contributed by atoms with Crippen LogP contribution < -0.4 is 10.6 Å². The first-order valence-corrected chi connectivity index (χ1v) is 6.30. The van der Waals surface area contributed by atoms with Crippen LogP contribution in [0.3, 0.4) is 0 Å². The summed E-state index contributed by atoms with van der Waals surface area (Å²) >= 11 is 0. The van der Waals surface area contributed by atoms with Gasteiger partial charge in [0, 0.05) is 19.2 Å². The molecule has 5 heteroatoms. The molecule has 0 saturated carbocycles. The van der Waals surface area contributed by atoms with E-state index in [1.165, 1.54) is 12.1 Å². The highest BCUT2D eigenvalue weighted by Crippen LogP contribution is 2.12. The molecule has 0 aromatic heterocycles. The molecule has 0 fully saturated rings. The number of carbonyl (C=O) groups excluding carboxylic acids is 1. The van der Waals surface area contributed by atoms with Gasteiger partial charge >= 0.3 is 0 Å². The molecular formula is C14H21FN2O2. The van der Waals surface area contributed by atoms with Gasteiger partial charge in [0.1, 0.15) is 5.82 Å². The Balaban J connectivity index is 2.37. The van der Waals surface area contributed by atoms with E-state index in [0.29, 0.717) is 6.61 Å². The van der Waals surface area contributed by atoms with Crippen LogP contribution >= 0.6 is 0 Å². The number of ether oxygens (including phenoxy) is 1. The number of benzene rings is 1. The number of hydrogen-bond donors (Lipinski definition) is 2. The molecule has 0 bridgehead atoms. The lowest BCUT2D eigenvalue weighted by Gasteiger charge is -2.16. The van der Waals surface area contributed by atoms with Gasteiger partial charge in [0.2, 0.25) is 5.91 Å². The molecule has 2 N–H and O–H groups in total. The molecule has 1 aromatic carbocycles. The summed E-state index contributed by atoms with van der Waals surface area (Å²) in [6, 6.07) is 6.23. The smallest absolute Gasteiger partial charge is 0.234 e. The van der Waals surface area contributed by atoms with Crippen molar-refractivity contribution in [2.24, 2.45) is 0 Å². The van der Waals surface area contributed by atoms with Crippen LogP contribution in [0, 0.1) is 5.82 Å². The van der Waals surface area contributed by atoms with Crippen molar-refractivity contribution in [3.63, 3.8) is 0 Å². The van der Waals surface area contributed by atoms with Crippen LogP contribution in [0.1, 0.15) is 25.5 Å². The molecule has 19 heavy (non-hydrogen) atoms. The molecule has 0 aliphatic rings. The molecule has 4 nitrogen and oxygen atoms in total. The molecule has 1 aromatic rings. The zero-order valence-electron chi connectivity index (χ0n) is 11.6. The van der Waals surface area contributed by atoms with E-state index in [-0.39, 0.29) is 30.4 Å². The summed E-state index contributed by atoms with van der Waals surface area (Å²) in [5, 5.41) is 5.85. The molecule has 0 heterocycles. The van der Waals surface area contributed by atoms with E-state index in [0.717, 1.165) is 5.56 Å². The Labute approximate surface area is 113 Å². The maximum atomic E-state index is 13.1. The Morgan fingerprint density at radius 3 is 2.79 bits per heavy atom. The van der Waals surface area contributed by atoms with Crippen LogP contribution in [0.2, 0.25) is 0 Å². The van der Waals surface area contributed by atoms with Gasteiger partial charge in [-0.1, -0.05) is 12.1 Å². The monoisotopic (exact) mass is 268 g/mol. The van der Waals surface area contributed by atoms with Crippen molar-refractivity contribution in [2.45, 2.75) is 25.9 Å². The van der Waals surface area contributed by atoms with Gasteiger partial charge in [-0.25, -0.2) is 4.39 Å². The summed E-state index contributed by atoms with van der Waals surface area (Å²) in [6.45, 7) is 4.43. The van der Waals surface area contributed by atoms with Crippen molar-refractivity contribution in [3.05, 3.63) is 35.6 Å². The van der Waals surface area contributed by atoms with Crippen LogP contribution in [0.4, 0.5) is 4.39 Å². The highest BCUT2D eigenvalue weighted by Gasteiger charge is 2.10. The predicted octanol–water partition coefficient (Wildman–Crippen LogP) is 1.63. The van der Waals surface area contributed by atoms with E-state index in [2.05, 4.69) is 10.6 Å². The van der Waals surface area contributed by atoms with Gasteiger partial charge in [0.25, 0.3) is 0 Å². The fraction of sp³-hybridized carbons (Fsp3) is 0.500. The second-order valence-corrected chi connectivity index (χ2v) is 4.58. The third kappa shape index (κ3) is 5.81. The van der Waals surface area contributed by atoms with Crippen LogP contribution in [-0.4, -0.2) is 32.2 Å². The average Bonchev–Trinajstić information content (AvgIpc) is 2.36. The average molecular weight is 268 g/mol. The van der Waals surface area contributed by atoms with Gasteiger partial charge < -0.3 is 15.4 Å². The van der Waals surface area contributed by atoms with Crippen LogP contribution in [-0.2, 0) is 9.53 Å².